The minimum Gasteiger partial charge on any atom is -0.391 e. The molecular weight excluding hydrogens is 310 g/mol. The largest absolute Gasteiger partial charge is 0.391 e. The Hall–Kier alpha value is -1.18. The molecule has 0 bridgehead atoms. The minimum atomic E-state index is -0.351. The Morgan fingerprint density at radius 1 is 1.30 bits per heavy atom. The van der Waals surface area contributed by atoms with Gasteiger partial charge in [-0.1, -0.05) is 18.7 Å². The van der Waals surface area contributed by atoms with Crippen molar-refractivity contribution in [2.24, 2.45) is 5.92 Å². The Morgan fingerprint density at radius 2 is 2.04 bits per heavy atom. The molecule has 2 aromatic rings. The van der Waals surface area contributed by atoms with Crippen LogP contribution in [-0.4, -0.2) is 61.1 Å². The van der Waals surface area contributed by atoms with Crippen molar-refractivity contribution in [1.29, 1.82) is 0 Å². The van der Waals surface area contributed by atoms with Crippen molar-refractivity contribution in [2.75, 3.05) is 25.4 Å². The highest BCUT2D eigenvalue weighted by molar-refractivity contribution is 7.99. The van der Waals surface area contributed by atoms with E-state index in [2.05, 4.69) is 26.9 Å². The predicted octanol–water partition coefficient (Wildman–Crippen LogP) is 1.93. The van der Waals surface area contributed by atoms with Crippen molar-refractivity contribution >= 4 is 17.5 Å². The number of β-amino-alcohol motifs (C(OH)–C–C–N with tert-alkyl or cyclic N) is 1. The van der Waals surface area contributed by atoms with Crippen LogP contribution in [0.15, 0.2) is 11.2 Å². The molecule has 1 saturated heterocycles. The molecule has 1 fully saturated rings. The topological polar surface area (TPSA) is 66.6 Å². The van der Waals surface area contributed by atoms with Crippen LogP contribution in [0, 0.1) is 19.8 Å². The highest BCUT2D eigenvalue weighted by Gasteiger charge is 2.19. The van der Waals surface area contributed by atoms with Crippen molar-refractivity contribution in [1.82, 2.24) is 24.5 Å². The number of aliphatic hydroxyl groups is 1. The fourth-order valence-electron chi connectivity index (χ4n) is 2.98. The molecule has 0 spiro atoms. The number of piperidine rings is 1. The Bertz CT molecular complexity index is 666. The monoisotopic (exact) mass is 335 g/mol. The van der Waals surface area contributed by atoms with E-state index < -0.39 is 0 Å². The maximum atomic E-state index is 10.3. The van der Waals surface area contributed by atoms with Crippen LogP contribution in [0.25, 0.3) is 5.78 Å². The first kappa shape index (κ1) is 16.7. The van der Waals surface area contributed by atoms with Gasteiger partial charge >= 0.3 is 0 Å². The summed E-state index contributed by atoms with van der Waals surface area (Å²) in [6.07, 6.45) is 2.12. The lowest BCUT2D eigenvalue weighted by Crippen LogP contribution is -2.39. The van der Waals surface area contributed by atoms with E-state index in [0.717, 1.165) is 36.9 Å². The zero-order valence-corrected chi connectivity index (χ0v) is 14.9. The van der Waals surface area contributed by atoms with Gasteiger partial charge in [0.25, 0.3) is 5.78 Å². The molecule has 0 aliphatic carbocycles. The third kappa shape index (κ3) is 4.22. The molecule has 3 heterocycles. The van der Waals surface area contributed by atoms with E-state index in [9.17, 15) is 5.11 Å². The summed E-state index contributed by atoms with van der Waals surface area (Å²) in [7, 11) is 0. The smallest absolute Gasteiger partial charge is 0.253 e. The van der Waals surface area contributed by atoms with E-state index in [0.29, 0.717) is 16.7 Å². The van der Waals surface area contributed by atoms with Gasteiger partial charge in [0.15, 0.2) is 0 Å². The molecule has 0 saturated carbocycles. The summed E-state index contributed by atoms with van der Waals surface area (Å²) in [4.78, 5) is 11.2. The maximum Gasteiger partial charge on any atom is 0.253 e. The third-order valence-electron chi connectivity index (χ3n) is 4.35. The van der Waals surface area contributed by atoms with Crippen molar-refractivity contribution in [2.45, 2.75) is 44.9 Å². The number of nitrogens with zero attached hydrogens (tertiary/aromatic N) is 5. The molecule has 126 valence electrons. The number of aliphatic hydroxyl groups excluding tert-OH is 1. The van der Waals surface area contributed by atoms with Crippen LogP contribution in [-0.2, 0) is 0 Å². The highest BCUT2D eigenvalue weighted by atomic mass is 32.2. The molecule has 1 unspecified atom stereocenters. The van der Waals surface area contributed by atoms with Gasteiger partial charge in [0.2, 0.25) is 5.16 Å². The van der Waals surface area contributed by atoms with Crippen LogP contribution in [0.3, 0.4) is 0 Å². The SMILES string of the molecule is Cc1cc(C)n2nc(SCC(O)CN3CCC(C)CC3)nc2n1. The number of rotatable bonds is 5. The van der Waals surface area contributed by atoms with Gasteiger partial charge in [-0.05, 0) is 51.8 Å². The third-order valence-corrected chi connectivity index (χ3v) is 5.33. The molecule has 0 amide bonds. The van der Waals surface area contributed by atoms with Crippen molar-refractivity contribution < 1.29 is 5.11 Å². The number of likely N-dealkylation sites (tertiary alicyclic amines) is 1. The standard InChI is InChI=1S/C16H25N5OS/c1-11-4-6-20(7-5-11)9-14(22)10-23-16-18-15-17-12(2)8-13(3)21(15)19-16/h8,11,14,22H,4-7,9-10H2,1-3H3. The first-order chi connectivity index (χ1) is 11.0. The first-order valence-electron chi connectivity index (χ1n) is 8.25. The van der Waals surface area contributed by atoms with Crippen LogP contribution in [0.1, 0.15) is 31.2 Å². The molecule has 1 atom stereocenters. The van der Waals surface area contributed by atoms with Gasteiger partial charge in [-0.3, -0.25) is 0 Å². The summed E-state index contributed by atoms with van der Waals surface area (Å²) in [5, 5.41) is 15.4. The summed E-state index contributed by atoms with van der Waals surface area (Å²) >= 11 is 1.50. The lowest BCUT2D eigenvalue weighted by Gasteiger charge is -2.31. The van der Waals surface area contributed by atoms with Crippen molar-refractivity contribution in [3.8, 4) is 0 Å². The average Bonchev–Trinajstić information content (AvgIpc) is 2.91. The zero-order chi connectivity index (χ0) is 16.4. The van der Waals surface area contributed by atoms with Gasteiger partial charge in [0.1, 0.15) is 0 Å². The molecule has 2 aromatic heterocycles. The lowest BCUT2D eigenvalue weighted by molar-refractivity contribution is 0.105. The Balaban J connectivity index is 1.54. The Morgan fingerprint density at radius 3 is 2.78 bits per heavy atom. The van der Waals surface area contributed by atoms with Crippen LogP contribution in [0.5, 0.6) is 0 Å². The Labute approximate surface area is 141 Å². The average molecular weight is 335 g/mol. The summed E-state index contributed by atoms with van der Waals surface area (Å²) in [5.41, 5.74) is 1.97. The molecule has 6 nitrogen and oxygen atoms in total. The van der Waals surface area contributed by atoms with Gasteiger partial charge < -0.3 is 10.0 Å². The molecule has 3 rings (SSSR count). The van der Waals surface area contributed by atoms with Gasteiger partial charge in [-0.25, -0.2) is 9.50 Å². The molecule has 7 heteroatoms. The zero-order valence-electron chi connectivity index (χ0n) is 14.1. The van der Waals surface area contributed by atoms with Crippen LogP contribution < -0.4 is 0 Å². The predicted molar refractivity (Wildman–Crippen MR) is 91.8 cm³/mol. The summed E-state index contributed by atoms with van der Waals surface area (Å²) in [6.45, 7) is 9.18. The van der Waals surface area contributed by atoms with E-state index in [1.54, 1.807) is 4.52 Å². The molecule has 0 radical (unpaired) electrons. The quantitative estimate of drug-likeness (QED) is 0.842. The summed E-state index contributed by atoms with van der Waals surface area (Å²) in [6, 6.07) is 1.99. The van der Waals surface area contributed by atoms with Crippen molar-refractivity contribution in [3.05, 3.63) is 17.5 Å². The molecule has 0 aromatic carbocycles. The number of aromatic nitrogens is 4. The lowest BCUT2D eigenvalue weighted by atomic mass is 9.99. The fraction of sp³-hybridized carbons (Fsp3) is 0.688. The normalized spacial score (nSPS) is 18.6. The van der Waals surface area contributed by atoms with E-state index in [-0.39, 0.29) is 6.10 Å². The van der Waals surface area contributed by atoms with E-state index in [4.69, 9.17) is 0 Å². The van der Waals surface area contributed by atoms with Gasteiger partial charge in [-0.15, -0.1) is 5.10 Å². The van der Waals surface area contributed by atoms with E-state index in [1.807, 2.05) is 19.9 Å². The molecule has 1 aliphatic rings. The second kappa shape index (κ2) is 7.15. The number of hydrogen-bond acceptors (Lipinski definition) is 6. The number of hydrogen-bond donors (Lipinski definition) is 1. The number of aryl methyl sites for hydroxylation is 2. The molecular formula is C16H25N5OS. The van der Waals surface area contributed by atoms with Crippen molar-refractivity contribution in [3.63, 3.8) is 0 Å². The van der Waals surface area contributed by atoms with Gasteiger partial charge in [0, 0.05) is 23.7 Å². The molecule has 1 aliphatic heterocycles. The van der Waals surface area contributed by atoms with Crippen LogP contribution in [0.4, 0.5) is 0 Å². The number of fused-ring (bicyclic) bond motifs is 1. The fourth-order valence-corrected chi connectivity index (χ4v) is 3.71. The van der Waals surface area contributed by atoms with Gasteiger partial charge in [0.05, 0.1) is 6.10 Å². The van der Waals surface area contributed by atoms with Crippen LogP contribution >= 0.6 is 11.8 Å². The summed E-state index contributed by atoms with van der Waals surface area (Å²) in [5.74, 6) is 2.06. The van der Waals surface area contributed by atoms with E-state index >= 15 is 0 Å². The Kier molecular flexibility index (Phi) is 5.18. The minimum absolute atomic E-state index is 0.351. The maximum absolute atomic E-state index is 10.3. The van der Waals surface area contributed by atoms with Crippen LogP contribution in [0.2, 0.25) is 0 Å². The van der Waals surface area contributed by atoms with Gasteiger partial charge in [-0.2, -0.15) is 4.98 Å². The molecule has 23 heavy (non-hydrogen) atoms. The van der Waals surface area contributed by atoms with E-state index in [1.165, 1.54) is 24.6 Å². The first-order valence-corrected chi connectivity index (χ1v) is 9.24. The second-order valence-electron chi connectivity index (χ2n) is 6.59. The number of thioether (sulfide) groups is 1. The highest BCUT2D eigenvalue weighted by Crippen LogP contribution is 2.19. The molecule has 1 N–H and O–H groups in total. The second-order valence-corrected chi connectivity index (χ2v) is 7.58. The summed E-state index contributed by atoms with van der Waals surface area (Å²) < 4.78 is 1.76.